The van der Waals surface area contributed by atoms with E-state index in [1.165, 1.54) is 0 Å². The smallest absolute Gasteiger partial charge is 0.237 e. The number of carbonyl (C=O) groups is 2. The largest absolute Gasteiger partial charge is 0.369 e. The van der Waals surface area contributed by atoms with E-state index >= 15 is 0 Å². The van der Waals surface area contributed by atoms with Gasteiger partial charge in [0.05, 0.1) is 11.5 Å². The number of nitrogens with zero attached hydrogens (tertiary/aromatic N) is 1. The van der Waals surface area contributed by atoms with Crippen LogP contribution in [-0.4, -0.2) is 35.8 Å². The number of hydrogen-bond donors (Lipinski definition) is 2. The minimum Gasteiger partial charge on any atom is -0.369 e. The molecule has 2 unspecified atom stereocenters. The lowest BCUT2D eigenvalue weighted by Crippen LogP contribution is -2.49. The molecule has 0 aromatic rings. The number of amides is 2. The first kappa shape index (κ1) is 9.98. The molecule has 5 nitrogen and oxygen atoms in total. The third-order valence-corrected chi connectivity index (χ3v) is 2.91. The molecule has 13 heavy (non-hydrogen) atoms. The lowest BCUT2D eigenvalue weighted by molar-refractivity contribution is -0.127. The number of nitrogens with two attached hydrogens (primary N) is 2. The van der Waals surface area contributed by atoms with E-state index in [-0.39, 0.29) is 11.8 Å². The van der Waals surface area contributed by atoms with Crippen LogP contribution in [0.5, 0.6) is 0 Å². The van der Waals surface area contributed by atoms with Crippen molar-refractivity contribution in [1.29, 1.82) is 0 Å². The molecule has 1 saturated heterocycles. The Morgan fingerprint density at radius 1 is 1.46 bits per heavy atom. The van der Waals surface area contributed by atoms with Crippen LogP contribution in [0.1, 0.15) is 13.3 Å². The summed E-state index contributed by atoms with van der Waals surface area (Å²) in [4.78, 5) is 23.8. The van der Waals surface area contributed by atoms with Crippen molar-refractivity contribution in [2.24, 2.45) is 17.4 Å². The Bertz CT molecular complexity index is 254. The van der Waals surface area contributed by atoms with E-state index in [1.807, 2.05) is 0 Å². The van der Waals surface area contributed by atoms with Crippen LogP contribution in [0.25, 0.3) is 0 Å². The highest BCUT2D eigenvalue weighted by atomic mass is 16.2. The van der Waals surface area contributed by atoms with Gasteiger partial charge in [-0.15, -0.1) is 0 Å². The minimum absolute atomic E-state index is 0.262. The zero-order valence-corrected chi connectivity index (χ0v) is 7.91. The van der Waals surface area contributed by atoms with Gasteiger partial charge in [0.2, 0.25) is 11.8 Å². The number of carbonyl (C=O) groups excluding carboxylic acids is 2. The predicted molar refractivity (Wildman–Crippen MR) is 47.5 cm³/mol. The predicted octanol–water partition coefficient (Wildman–Crippen LogP) is -1.33. The SMILES string of the molecule is CN1CC(C(N)=O)CC1(C)C(N)=O. The number of likely N-dealkylation sites (N-methyl/N-ethyl adjacent to an activating group) is 1. The first-order valence-electron chi connectivity index (χ1n) is 4.18. The maximum Gasteiger partial charge on any atom is 0.237 e. The van der Waals surface area contributed by atoms with Gasteiger partial charge in [-0.05, 0) is 20.4 Å². The monoisotopic (exact) mass is 185 g/mol. The van der Waals surface area contributed by atoms with E-state index in [2.05, 4.69) is 0 Å². The van der Waals surface area contributed by atoms with E-state index in [4.69, 9.17) is 11.5 Å². The Morgan fingerprint density at radius 2 is 2.00 bits per heavy atom. The van der Waals surface area contributed by atoms with Crippen molar-refractivity contribution >= 4 is 11.8 Å². The van der Waals surface area contributed by atoms with E-state index in [1.54, 1.807) is 18.9 Å². The van der Waals surface area contributed by atoms with Gasteiger partial charge >= 0.3 is 0 Å². The Kier molecular flexibility index (Phi) is 2.30. The lowest BCUT2D eigenvalue weighted by atomic mass is 9.93. The van der Waals surface area contributed by atoms with Crippen LogP contribution in [0, 0.1) is 5.92 Å². The molecule has 1 heterocycles. The summed E-state index contributed by atoms with van der Waals surface area (Å²) >= 11 is 0. The highest BCUT2D eigenvalue weighted by molar-refractivity contribution is 5.87. The molecule has 0 aliphatic carbocycles. The third kappa shape index (κ3) is 1.51. The van der Waals surface area contributed by atoms with Gasteiger partial charge in [-0.3, -0.25) is 14.5 Å². The zero-order chi connectivity index (χ0) is 10.2. The molecule has 2 atom stereocenters. The topological polar surface area (TPSA) is 89.4 Å². The maximum absolute atomic E-state index is 11.1. The van der Waals surface area contributed by atoms with Gasteiger partial charge in [0.25, 0.3) is 0 Å². The molecular formula is C8H15N3O2. The summed E-state index contributed by atoms with van der Waals surface area (Å²) in [5.74, 6) is -1.03. The molecule has 0 saturated carbocycles. The second-order valence-electron chi connectivity index (χ2n) is 3.82. The summed E-state index contributed by atoms with van der Waals surface area (Å²) in [7, 11) is 1.77. The van der Waals surface area contributed by atoms with Crippen LogP contribution < -0.4 is 11.5 Å². The Hall–Kier alpha value is -1.10. The van der Waals surface area contributed by atoms with Crippen molar-refractivity contribution in [1.82, 2.24) is 4.90 Å². The summed E-state index contributed by atoms with van der Waals surface area (Å²) < 4.78 is 0. The molecule has 4 N–H and O–H groups in total. The highest BCUT2D eigenvalue weighted by Crippen LogP contribution is 2.30. The van der Waals surface area contributed by atoms with E-state index in [0.29, 0.717) is 13.0 Å². The molecule has 1 rings (SSSR count). The molecule has 74 valence electrons. The average Bonchev–Trinajstić information content (AvgIpc) is 2.30. The molecule has 0 aromatic heterocycles. The second kappa shape index (κ2) is 2.99. The number of primary amides is 2. The summed E-state index contributed by atoms with van der Waals surface area (Å²) in [6.07, 6.45) is 0.425. The van der Waals surface area contributed by atoms with Gasteiger partial charge in [0.15, 0.2) is 0 Å². The van der Waals surface area contributed by atoms with Gasteiger partial charge in [0.1, 0.15) is 0 Å². The zero-order valence-electron chi connectivity index (χ0n) is 7.91. The van der Waals surface area contributed by atoms with E-state index in [0.717, 1.165) is 0 Å². The normalized spacial score (nSPS) is 34.8. The third-order valence-electron chi connectivity index (χ3n) is 2.91. The van der Waals surface area contributed by atoms with Crippen LogP contribution in [-0.2, 0) is 9.59 Å². The van der Waals surface area contributed by atoms with Crippen molar-refractivity contribution < 1.29 is 9.59 Å². The molecule has 0 spiro atoms. The van der Waals surface area contributed by atoms with E-state index in [9.17, 15) is 9.59 Å². The molecule has 1 fully saturated rings. The van der Waals surface area contributed by atoms with Crippen LogP contribution in [0.2, 0.25) is 0 Å². The highest BCUT2D eigenvalue weighted by Gasteiger charge is 2.46. The molecule has 1 aliphatic heterocycles. The van der Waals surface area contributed by atoms with Crippen LogP contribution in [0.4, 0.5) is 0 Å². The lowest BCUT2D eigenvalue weighted by Gasteiger charge is -2.27. The molecule has 2 amide bonds. The average molecular weight is 185 g/mol. The number of rotatable bonds is 2. The fraction of sp³-hybridized carbons (Fsp3) is 0.750. The Balaban J connectivity index is 2.82. The van der Waals surface area contributed by atoms with E-state index < -0.39 is 11.4 Å². The van der Waals surface area contributed by atoms with Gasteiger partial charge in [-0.2, -0.15) is 0 Å². The Labute approximate surface area is 77.1 Å². The quantitative estimate of drug-likeness (QED) is 0.558. The Morgan fingerprint density at radius 3 is 2.23 bits per heavy atom. The molecule has 0 aromatic carbocycles. The van der Waals surface area contributed by atoms with Crippen molar-refractivity contribution in [3.05, 3.63) is 0 Å². The van der Waals surface area contributed by atoms with Crippen molar-refractivity contribution in [3.8, 4) is 0 Å². The number of likely N-dealkylation sites (tertiary alicyclic amines) is 1. The fourth-order valence-electron chi connectivity index (χ4n) is 1.71. The maximum atomic E-state index is 11.1. The van der Waals surface area contributed by atoms with Crippen molar-refractivity contribution in [2.45, 2.75) is 18.9 Å². The standard InChI is InChI=1S/C8H15N3O2/c1-8(7(10)13)3-5(6(9)12)4-11(8)2/h5H,3-4H2,1-2H3,(H2,9,12)(H2,10,13). The molecular weight excluding hydrogens is 170 g/mol. The fourth-order valence-corrected chi connectivity index (χ4v) is 1.71. The van der Waals surface area contributed by atoms with Gasteiger partial charge in [-0.25, -0.2) is 0 Å². The summed E-state index contributed by atoms with van der Waals surface area (Å²) in [6.45, 7) is 2.24. The molecule has 5 heteroatoms. The number of hydrogen-bond acceptors (Lipinski definition) is 3. The minimum atomic E-state index is -0.723. The summed E-state index contributed by atoms with van der Waals surface area (Å²) in [5, 5.41) is 0. The van der Waals surface area contributed by atoms with Crippen LogP contribution in [0.15, 0.2) is 0 Å². The van der Waals surface area contributed by atoms with Gasteiger partial charge < -0.3 is 11.5 Å². The second-order valence-corrected chi connectivity index (χ2v) is 3.82. The summed E-state index contributed by atoms with van der Waals surface area (Å²) in [6, 6.07) is 0. The summed E-state index contributed by atoms with van der Waals surface area (Å²) in [5.41, 5.74) is 9.69. The molecule has 1 aliphatic rings. The van der Waals surface area contributed by atoms with Gasteiger partial charge in [0, 0.05) is 6.54 Å². The first-order chi connectivity index (χ1) is 5.88. The van der Waals surface area contributed by atoms with Crippen LogP contribution >= 0.6 is 0 Å². The van der Waals surface area contributed by atoms with Crippen molar-refractivity contribution in [3.63, 3.8) is 0 Å². The molecule has 0 radical (unpaired) electrons. The van der Waals surface area contributed by atoms with Crippen LogP contribution in [0.3, 0.4) is 0 Å². The first-order valence-corrected chi connectivity index (χ1v) is 4.18. The van der Waals surface area contributed by atoms with Gasteiger partial charge in [-0.1, -0.05) is 0 Å². The molecule has 0 bridgehead atoms. The van der Waals surface area contributed by atoms with Crippen molar-refractivity contribution in [2.75, 3.05) is 13.6 Å².